The van der Waals surface area contributed by atoms with Gasteiger partial charge in [0, 0.05) is 12.0 Å². The van der Waals surface area contributed by atoms with Crippen molar-refractivity contribution in [1.29, 1.82) is 0 Å². The van der Waals surface area contributed by atoms with Gasteiger partial charge in [-0.2, -0.15) is 0 Å². The Balaban J connectivity index is 0.000000118. The minimum Gasteiger partial charge on any atom is -0.330 e. The number of hydrogen-bond donors (Lipinski definition) is 2. The molecular formula is C30H36N2O. The molecule has 2 fully saturated rings. The van der Waals surface area contributed by atoms with Crippen LogP contribution in [0.25, 0.3) is 11.1 Å². The fraction of sp³-hybridized carbons (Fsp3) is 0.433. The molecule has 1 unspecified atom stereocenters. The highest BCUT2D eigenvalue weighted by Crippen LogP contribution is 2.45. The van der Waals surface area contributed by atoms with Crippen molar-refractivity contribution >= 4 is 17.4 Å². The molecule has 2 aromatic rings. The molecule has 3 N–H and O–H groups in total. The van der Waals surface area contributed by atoms with E-state index in [4.69, 9.17) is 5.73 Å². The van der Waals surface area contributed by atoms with Crippen LogP contribution in [-0.4, -0.2) is 25.4 Å². The smallest absolute Gasteiger partial charge is 0.123 e. The number of carbonyl (C=O) groups excluding carboxylic acids is 1. The zero-order valence-electron chi connectivity index (χ0n) is 19.6. The number of aldehydes is 1. The third-order valence-corrected chi connectivity index (χ3v) is 7.48. The first-order valence-corrected chi connectivity index (χ1v) is 12.7. The lowest BCUT2D eigenvalue weighted by Gasteiger charge is -2.26. The summed E-state index contributed by atoms with van der Waals surface area (Å²) in [7, 11) is 0. The van der Waals surface area contributed by atoms with Crippen molar-refractivity contribution in [2.24, 2.45) is 17.6 Å². The van der Waals surface area contributed by atoms with E-state index in [0.29, 0.717) is 12.0 Å². The van der Waals surface area contributed by atoms with Gasteiger partial charge < -0.3 is 15.8 Å². The van der Waals surface area contributed by atoms with Gasteiger partial charge in [-0.25, -0.2) is 0 Å². The van der Waals surface area contributed by atoms with E-state index >= 15 is 0 Å². The Hall–Kier alpha value is -2.49. The number of allylic oxidation sites excluding steroid dienone is 1. The molecular weight excluding hydrogens is 404 g/mol. The molecule has 172 valence electrons. The summed E-state index contributed by atoms with van der Waals surface area (Å²) in [5, 5.41) is 3.73. The molecule has 0 spiro atoms. The normalized spacial score (nSPS) is 22.1. The maximum absolute atomic E-state index is 9.57. The second-order valence-electron chi connectivity index (χ2n) is 9.96. The summed E-state index contributed by atoms with van der Waals surface area (Å²) in [6, 6.07) is 18.2. The Labute approximate surface area is 198 Å². The standard InChI is InChI=1S/C15H17N.C11H13N.C4H6O/c1-2-4-12-11(3-1)9-14-13(12)7-8-16-15(14)10-5-6-10;12-8-7-10-6-5-9-3-1-2-4-11(9)10;5-3-4-1-2-4/h1-4,10,15-16H,5-9H2;1-4,6H,5,7-8,12H2;3-4H,1-2H2. The third-order valence-electron chi connectivity index (χ3n) is 7.48. The fourth-order valence-electron chi connectivity index (χ4n) is 5.38. The third kappa shape index (κ3) is 5.20. The Morgan fingerprint density at radius 3 is 2.33 bits per heavy atom. The first-order valence-electron chi connectivity index (χ1n) is 12.7. The summed E-state index contributed by atoms with van der Waals surface area (Å²) < 4.78 is 0. The van der Waals surface area contributed by atoms with E-state index in [9.17, 15) is 4.79 Å². The van der Waals surface area contributed by atoms with Crippen molar-refractivity contribution in [3.05, 3.63) is 82.4 Å². The van der Waals surface area contributed by atoms with E-state index in [1.165, 1.54) is 48.9 Å². The average molecular weight is 441 g/mol. The molecule has 1 atom stereocenters. The molecule has 5 aliphatic rings. The van der Waals surface area contributed by atoms with Crippen molar-refractivity contribution in [2.75, 3.05) is 13.1 Å². The van der Waals surface area contributed by atoms with E-state index in [0.717, 1.165) is 44.4 Å². The predicted octanol–water partition coefficient (Wildman–Crippen LogP) is 5.34. The maximum Gasteiger partial charge on any atom is 0.123 e. The van der Waals surface area contributed by atoms with E-state index in [1.54, 1.807) is 22.3 Å². The number of benzene rings is 2. The van der Waals surface area contributed by atoms with E-state index in [-0.39, 0.29) is 0 Å². The Bertz CT molecular complexity index is 1060. The van der Waals surface area contributed by atoms with Gasteiger partial charge in [0.2, 0.25) is 0 Å². The molecule has 4 aliphatic carbocycles. The van der Waals surface area contributed by atoms with Gasteiger partial charge >= 0.3 is 0 Å². The molecule has 0 saturated heterocycles. The monoisotopic (exact) mass is 440 g/mol. The number of hydrogen-bond acceptors (Lipinski definition) is 3. The molecule has 3 nitrogen and oxygen atoms in total. The summed E-state index contributed by atoms with van der Waals surface area (Å²) in [4.78, 5) is 9.57. The van der Waals surface area contributed by atoms with Crippen molar-refractivity contribution in [2.45, 2.75) is 57.4 Å². The highest BCUT2D eigenvalue weighted by molar-refractivity contribution is 5.78. The zero-order chi connectivity index (χ0) is 22.6. The molecule has 1 aliphatic heterocycles. The first-order chi connectivity index (χ1) is 16.3. The topological polar surface area (TPSA) is 55.1 Å². The number of carbonyl (C=O) groups is 1. The summed E-state index contributed by atoms with van der Waals surface area (Å²) in [5.74, 6) is 1.40. The molecule has 33 heavy (non-hydrogen) atoms. The number of nitrogens with one attached hydrogen (secondary N) is 1. The number of nitrogens with two attached hydrogens (primary N) is 1. The van der Waals surface area contributed by atoms with E-state index < -0.39 is 0 Å². The van der Waals surface area contributed by atoms with Crippen molar-refractivity contribution < 1.29 is 4.79 Å². The Morgan fingerprint density at radius 1 is 0.939 bits per heavy atom. The molecule has 1 heterocycles. The van der Waals surface area contributed by atoms with Crippen LogP contribution in [0.2, 0.25) is 0 Å². The van der Waals surface area contributed by atoms with Gasteiger partial charge in [-0.3, -0.25) is 0 Å². The van der Waals surface area contributed by atoms with Crippen LogP contribution in [0.3, 0.4) is 0 Å². The van der Waals surface area contributed by atoms with Gasteiger partial charge in [0.1, 0.15) is 6.29 Å². The summed E-state index contributed by atoms with van der Waals surface area (Å²) in [5.41, 5.74) is 16.3. The van der Waals surface area contributed by atoms with Crippen LogP contribution >= 0.6 is 0 Å². The highest BCUT2D eigenvalue weighted by atomic mass is 16.1. The number of rotatable bonds is 4. The lowest BCUT2D eigenvalue weighted by molar-refractivity contribution is -0.108. The maximum atomic E-state index is 9.57. The van der Waals surface area contributed by atoms with Crippen LogP contribution in [0.15, 0.2) is 60.2 Å². The van der Waals surface area contributed by atoms with E-state index in [2.05, 4.69) is 59.9 Å². The molecule has 7 rings (SSSR count). The minimum atomic E-state index is 0.454. The molecule has 2 aromatic carbocycles. The quantitative estimate of drug-likeness (QED) is 0.631. The van der Waals surface area contributed by atoms with Crippen molar-refractivity contribution in [3.63, 3.8) is 0 Å². The Morgan fingerprint density at radius 2 is 1.67 bits per heavy atom. The lowest BCUT2D eigenvalue weighted by Crippen LogP contribution is -2.37. The zero-order valence-corrected chi connectivity index (χ0v) is 19.6. The van der Waals surface area contributed by atoms with E-state index in [1.807, 2.05) is 0 Å². The lowest BCUT2D eigenvalue weighted by atomic mass is 9.92. The van der Waals surface area contributed by atoms with Crippen LogP contribution < -0.4 is 11.1 Å². The van der Waals surface area contributed by atoms with Crippen molar-refractivity contribution in [1.82, 2.24) is 5.32 Å². The molecule has 0 amide bonds. The van der Waals surface area contributed by atoms with Gasteiger partial charge in [-0.1, -0.05) is 54.6 Å². The first kappa shape index (κ1) is 22.3. The molecule has 0 radical (unpaired) electrons. The van der Waals surface area contributed by atoms with Gasteiger partial charge in [0.15, 0.2) is 0 Å². The van der Waals surface area contributed by atoms with Gasteiger partial charge in [0.25, 0.3) is 0 Å². The van der Waals surface area contributed by atoms with Crippen LogP contribution in [0.1, 0.15) is 60.8 Å². The minimum absolute atomic E-state index is 0.454. The van der Waals surface area contributed by atoms with Crippen molar-refractivity contribution in [3.8, 4) is 0 Å². The van der Waals surface area contributed by atoms with Crippen LogP contribution in [-0.2, 0) is 17.6 Å². The van der Waals surface area contributed by atoms with Gasteiger partial charge in [-0.15, -0.1) is 0 Å². The summed E-state index contributed by atoms with van der Waals surface area (Å²) in [6.07, 6.45) is 13.0. The summed E-state index contributed by atoms with van der Waals surface area (Å²) >= 11 is 0. The number of fused-ring (bicyclic) bond motifs is 3. The highest BCUT2D eigenvalue weighted by Gasteiger charge is 2.38. The second-order valence-corrected chi connectivity index (χ2v) is 9.96. The SMILES string of the molecule is NCCC1=CCc2ccccc21.O=CC1CC1.c1ccc2c(c1)CC1=C2CCNC1C1CC1. The second kappa shape index (κ2) is 10.2. The Kier molecular flexibility index (Phi) is 6.89. The molecule has 0 aromatic heterocycles. The molecule has 0 bridgehead atoms. The molecule has 3 heteroatoms. The largest absolute Gasteiger partial charge is 0.330 e. The van der Waals surface area contributed by atoms with Crippen LogP contribution in [0, 0.1) is 11.8 Å². The van der Waals surface area contributed by atoms with Gasteiger partial charge in [-0.05, 0) is 109 Å². The fourth-order valence-corrected chi connectivity index (χ4v) is 5.38. The van der Waals surface area contributed by atoms with Crippen LogP contribution in [0.5, 0.6) is 0 Å². The van der Waals surface area contributed by atoms with Crippen LogP contribution in [0.4, 0.5) is 0 Å². The van der Waals surface area contributed by atoms with Gasteiger partial charge in [0.05, 0.1) is 0 Å². The summed E-state index contributed by atoms with van der Waals surface area (Å²) in [6.45, 7) is 1.93. The predicted molar refractivity (Wildman–Crippen MR) is 137 cm³/mol. The average Bonchev–Trinajstić information content (AvgIpc) is 3.79. The molecule has 2 saturated carbocycles.